The second-order valence-electron chi connectivity index (χ2n) is 6.26. The summed E-state index contributed by atoms with van der Waals surface area (Å²) < 4.78 is 28.6. The van der Waals surface area contributed by atoms with Gasteiger partial charge in [0.1, 0.15) is 6.54 Å². The van der Waals surface area contributed by atoms with Crippen molar-refractivity contribution < 1.29 is 13.2 Å². The Morgan fingerprint density at radius 3 is 2.31 bits per heavy atom. The number of nitrogens with one attached hydrogen (secondary N) is 1. The van der Waals surface area contributed by atoms with Crippen molar-refractivity contribution in [3.63, 3.8) is 0 Å². The highest BCUT2D eigenvalue weighted by Gasteiger charge is 2.27. The van der Waals surface area contributed by atoms with E-state index in [1.807, 2.05) is 0 Å². The van der Waals surface area contributed by atoms with Gasteiger partial charge in [0.05, 0.1) is 10.6 Å². The van der Waals surface area contributed by atoms with E-state index >= 15 is 0 Å². The first-order valence-electron chi connectivity index (χ1n) is 8.67. The van der Waals surface area contributed by atoms with Gasteiger partial charge in [0, 0.05) is 14.3 Å². The van der Waals surface area contributed by atoms with Crippen LogP contribution in [0.1, 0.15) is 5.56 Å². The second kappa shape index (κ2) is 9.15. The Kier molecular flexibility index (Phi) is 6.81. The molecule has 1 N–H and O–H groups in total. The van der Waals surface area contributed by atoms with Gasteiger partial charge in [0.15, 0.2) is 0 Å². The molecule has 5 nitrogen and oxygen atoms in total. The molecular weight excluding hydrogens is 523 g/mol. The number of carbonyl (C=O) groups excluding carboxylic acids is 1. The van der Waals surface area contributed by atoms with Gasteiger partial charge in [0.2, 0.25) is 5.91 Å². The molecule has 0 saturated carbocycles. The third-order valence-corrected chi connectivity index (χ3v) is 7.19. The molecule has 0 bridgehead atoms. The molecule has 0 spiro atoms. The smallest absolute Gasteiger partial charge is 0.264 e. The van der Waals surface area contributed by atoms with Crippen LogP contribution in [0.5, 0.6) is 0 Å². The van der Waals surface area contributed by atoms with Crippen LogP contribution in [-0.4, -0.2) is 20.9 Å². The molecule has 0 heterocycles. The molecule has 0 fully saturated rings. The third-order valence-electron chi connectivity index (χ3n) is 4.27. The molecule has 0 saturated heterocycles. The average molecular weight is 541 g/mol. The first-order chi connectivity index (χ1) is 13.8. The first kappa shape index (κ1) is 21.6. The first-order valence-corrected chi connectivity index (χ1v) is 11.6. The summed E-state index contributed by atoms with van der Waals surface area (Å²) in [5, 5.41) is 3.28. The zero-order valence-corrected chi connectivity index (χ0v) is 19.2. The largest absolute Gasteiger partial charge is 0.324 e. The second-order valence-corrected chi connectivity index (χ2v) is 9.78. The van der Waals surface area contributed by atoms with E-state index in [4.69, 9.17) is 11.6 Å². The van der Waals surface area contributed by atoms with Gasteiger partial charge in [-0.3, -0.25) is 9.10 Å². The number of halogens is 2. The lowest BCUT2D eigenvalue weighted by atomic mass is 10.2. The molecule has 0 aliphatic carbocycles. The molecule has 0 aliphatic heterocycles. The normalized spacial score (nSPS) is 11.1. The Morgan fingerprint density at radius 2 is 1.66 bits per heavy atom. The van der Waals surface area contributed by atoms with Crippen LogP contribution in [0.2, 0.25) is 5.02 Å². The molecule has 0 aliphatic rings. The summed E-state index contributed by atoms with van der Waals surface area (Å²) >= 11 is 8.25. The number of hydrogen-bond acceptors (Lipinski definition) is 3. The van der Waals surface area contributed by atoms with Gasteiger partial charge < -0.3 is 5.32 Å². The minimum absolute atomic E-state index is 0.116. The van der Waals surface area contributed by atoms with Crippen molar-refractivity contribution in [3.05, 3.63) is 87.0 Å². The number of carbonyl (C=O) groups is 1. The van der Waals surface area contributed by atoms with Gasteiger partial charge in [-0.2, -0.15) is 0 Å². The molecule has 0 unspecified atom stereocenters. The predicted octanol–water partition coefficient (Wildman–Crippen LogP) is 5.09. The summed E-state index contributed by atoms with van der Waals surface area (Å²) in [6.45, 7) is 1.42. The topological polar surface area (TPSA) is 66.5 Å². The number of amides is 1. The van der Waals surface area contributed by atoms with E-state index < -0.39 is 15.9 Å². The number of hydrogen-bond donors (Lipinski definition) is 1. The highest BCUT2D eigenvalue weighted by Crippen LogP contribution is 2.26. The number of benzene rings is 3. The quantitative estimate of drug-likeness (QED) is 0.443. The molecule has 0 aromatic heterocycles. The van der Waals surface area contributed by atoms with E-state index in [1.54, 1.807) is 67.6 Å². The van der Waals surface area contributed by atoms with Gasteiger partial charge >= 0.3 is 0 Å². The van der Waals surface area contributed by atoms with E-state index in [2.05, 4.69) is 27.9 Å². The Bertz CT molecular complexity index is 1120. The molecule has 3 aromatic carbocycles. The summed E-state index contributed by atoms with van der Waals surface area (Å²) in [6, 6.07) is 20.2. The SMILES string of the molecule is Cc1c(Cl)cccc1NC(=O)CN(c1ccc(I)cc1)S(=O)(=O)c1ccccc1. The number of rotatable bonds is 6. The van der Waals surface area contributed by atoms with Crippen LogP contribution in [0.4, 0.5) is 11.4 Å². The summed E-state index contributed by atoms with van der Waals surface area (Å²) in [5.41, 5.74) is 1.67. The van der Waals surface area contributed by atoms with Gasteiger partial charge in [-0.05, 0) is 83.6 Å². The molecule has 8 heteroatoms. The Labute approximate surface area is 188 Å². The molecule has 3 rings (SSSR count). The third kappa shape index (κ3) is 5.09. The molecule has 150 valence electrons. The van der Waals surface area contributed by atoms with Crippen molar-refractivity contribution in [2.45, 2.75) is 11.8 Å². The fourth-order valence-corrected chi connectivity index (χ4v) is 4.68. The minimum Gasteiger partial charge on any atom is -0.324 e. The lowest BCUT2D eigenvalue weighted by Crippen LogP contribution is -2.38. The Hall–Kier alpha value is -2.10. The lowest BCUT2D eigenvalue weighted by Gasteiger charge is -2.24. The van der Waals surface area contributed by atoms with Crippen LogP contribution in [-0.2, 0) is 14.8 Å². The van der Waals surface area contributed by atoms with Crippen LogP contribution in [0.25, 0.3) is 0 Å². The summed E-state index contributed by atoms with van der Waals surface area (Å²) in [4.78, 5) is 12.9. The molecule has 29 heavy (non-hydrogen) atoms. The standard InChI is InChI=1S/C21H18ClIN2O3S/c1-15-19(22)8-5-9-20(15)24-21(26)14-25(17-12-10-16(23)11-13-17)29(27,28)18-6-3-2-4-7-18/h2-13H,14H2,1H3,(H,24,26). The maximum absolute atomic E-state index is 13.2. The van der Waals surface area contributed by atoms with Gasteiger partial charge in [-0.1, -0.05) is 35.9 Å². The average Bonchev–Trinajstić information content (AvgIpc) is 2.71. The minimum atomic E-state index is -3.93. The molecule has 3 aromatic rings. The molecule has 0 radical (unpaired) electrons. The monoisotopic (exact) mass is 540 g/mol. The van der Waals surface area contributed by atoms with Crippen LogP contribution < -0.4 is 9.62 Å². The fraction of sp³-hybridized carbons (Fsp3) is 0.0952. The zero-order valence-electron chi connectivity index (χ0n) is 15.5. The lowest BCUT2D eigenvalue weighted by molar-refractivity contribution is -0.114. The Morgan fingerprint density at radius 1 is 1.00 bits per heavy atom. The van der Waals surface area contributed by atoms with E-state index in [1.165, 1.54) is 12.1 Å². The fourth-order valence-electron chi connectivity index (χ4n) is 2.71. The van der Waals surface area contributed by atoms with Crippen molar-refractivity contribution in [2.24, 2.45) is 0 Å². The summed E-state index contributed by atoms with van der Waals surface area (Å²) in [7, 11) is -3.93. The van der Waals surface area contributed by atoms with Crippen LogP contribution in [0, 0.1) is 10.5 Å². The molecule has 0 atom stereocenters. The van der Waals surface area contributed by atoms with Crippen molar-refractivity contribution in [1.29, 1.82) is 0 Å². The van der Waals surface area contributed by atoms with Crippen molar-refractivity contribution >= 4 is 61.5 Å². The zero-order chi connectivity index (χ0) is 21.0. The van der Waals surface area contributed by atoms with Crippen LogP contribution in [0.3, 0.4) is 0 Å². The number of nitrogens with zero attached hydrogens (tertiary/aromatic N) is 1. The number of anilines is 2. The van der Waals surface area contributed by atoms with Crippen molar-refractivity contribution in [1.82, 2.24) is 0 Å². The van der Waals surface area contributed by atoms with E-state index in [0.29, 0.717) is 22.0 Å². The Balaban J connectivity index is 1.94. The van der Waals surface area contributed by atoms with E-state index in [0.717, 1.165) is 7.88 Å². The van der Waals surface area contributed by atoms with Crippen molar-refractivity contribution in [2.75, 3.05) is 16.2 Å². The maximum Gasteiger partial charge on any atom is 0.264 e. The highest BCUT2D eigenvalue weighted by molar-refractivity contribution is 14.1. The number of sulfonamides is 1. The van der Waals surface area contributed by atoms with Gasteiger partial charge in [-0.25, -0.2) is 8.42 Å². The molecule has 1 amide bonds. The van der Waals surface area contributed by atoms with E-state index in [-0.39, 0.29) is 11.4 Å². The van der Waals surface area contributed by atoms with Crippen LogP contribution in [0.15, 0.2) is 77.7 Å². The summed E-state index contributed by atoms with van der Waals surface area (Å²) in [6.07, 6.45) is 0. The van der Waals surface area contributed by atoms with Crippen molar-refractivity contribution in [3.8, 4) is 0 Å². The van der Waals surface area contributed by atoms with Crippen LogP contribution >= 0.6 is 34.2 Å². The maximum atomic E-state index is 13.2. The summed E-state index contributed by atoms with van der Waals surface area (Å²) in [5.74, 6) is -0.464. The van der Waals surface area contributed by atoms with Gasteiger partial charge in [0.25, 0.3) is 10.0 Å². The molecular formula is C21H18ClIN2O3S. The highest BCUT2D eigenvalue weighted by atomic mass is 127. The van der Waals surface area contributed by atoms with Gasteiger partial charge in [-0.15, -0.1) is 0 Å². The predicted molar refractivity (Wildman–Crippen MR) is 125 cm³/mol. The van der Waals surface area contributed by atoms with E-state index in [9.17, 15) is 13.2 Å².